The van der Waals surface area contributed by atoms with E-state index in [4.69, 9.17) is 16.0 Å². The fourth-order valence-corrected chi connectivity index (χ4v) is 3.05. The van der Waals surface area contributed by atoms with Crippen LogP contribution in [0, 0.1) is 12.8 Å². The number of nitrogen functional groups attached to an aromatic ring is 1. The molecule has 0 aliphatic carbocycles. The predicted octanol–water partition coefficient (Wildman–Crippen LogP) is 0.687. The number of aliphatic hydroxyl groups excluding tert-OH is 2. The van der Waals surface area contributed by atoms with Gasteiger partial charge in [-0.1, -0.05) is 12.0 Å². The number of nitrogens with two attached hydrogens (primary N) is 1. The van der Waals surface area contributed by atoms with Gasteiger partial charge in [-0.2, -0.15) is 5.10 Å². The van der Waals surface area contributed by atoms with Crippen molar-refractivity contribution in [1.82, 2.24) is 14.6 Å². The minimum Gasteiger partial charge on any atom is -0.393 e. The zero-order chi connectivity index (χ0) is 16.8. The Morgan fingerprint density at radius 1 is 1.61 bits per heavy atom. The number of nitrogens with zero attached hydrogens (tertiary/aromatic N) is 6. The Labute approximate surface area is 131 Å². The summed E-state index contributed by atoms with van der Waals surface area (Å²) >= 11 is 0. The number of aryl methyl sites for hydroxylation is 1. The zero-order valence-corrected chi connectivity index (χ0v) is 12.7. The molecule has 0 aromatic carbocycles. The summed E-state index contributed by atoms with van der Waals surface area (Å²) < 4.78 is 7.31. The standard InChI is InChI=1S/C13H17N7O3/c1-6-3-8(20-9(6)12(14)16-5-17-20)11-10(22)7(2)13(4-21,23-11)18-19-15/h3,5,7,10-11,21-22H,4H2,1-2H3,(H2,14,16,17)/t7-,10-,11-,13+/m0/s1. The van der Waals surface area contributed by atoms with Crippen molar-refractivity contribution in [3.05, 3.63) is 34.1 Å². The number of anilines is 1. The minimum atomic E-state index is -1.52. The number of hydrogen-bond donors (Lipinski definition) is 3. The molecule has 0 saturated carbocycles. The van der Waals surface area contributed by atoms with Crippen molar-refractivity contribution in [3.8, 4) is 0 Å². The number of fused-ring (bicyclic) bond motifs is 1. The van der Waals surface area contributed by atoms with Crippen molar-refractivity contribution in [3.63, 3.8) is 0 Å². The molecule has 4 atom stereocenters. The zero-order valence-electron chi connectivity index (χ0n) is 12.7. The molecule has 10 heteroatoms. The molecular formula is C13H17N7O3. The van der Waals surface area contributed by atoms with Crippen LogP contribution in [-0.2, 0) is 4.74 Å². The fraction of sp³-hybridized carbons (Fsp3) is 0.538. The molecule has 4 N–H and O–H groups in total. The van der Waals surface area contributed by atoms with Crippen LogP contribution in [0.15, 0.2) is 17.5 Å². The van der Waals surface area contributed by atoms with Crippen LogP contribution >= 0.6 is 0 Å². The number of hydrogen-bond acceptors (Lipinski definition) is 7. The Bertz CT molecular complexity index is 800. The van der Waals surface area contributed by atoms with E-state index in [0.717, 1.165) is 5.56 Å². The average Bonchev–Trinajstić information content (AvgIpc) is 2.99. The topological polar surface area (TPSA) is 155 Å². The van der Waals surface area contributed by atoms with Crippen molar-refractivity contribution in [1.29, 1.82) is 0 Å². The van der Waals surface area contributed by atoms with Gasteiger partial charge in [-0.25, -0.2) is 9.50 Å². The van der Waals surface area contributed by atoms with E-state index in [0.29, 0.717) is 17.0 Å². The van der Waals surface area contributed by atoms with E-state index >= 15 is 0 Å². The van der Waals surface area contributed by atoms with E-state index in [1.54, 1.807) is 17.5 Å². The molecule has 3 heterocycles. The average molecular weight is 319 g/mol. The summed E-state index contributed by atoms with van der Waals surface area (Å²) in [5, 5.41) is 27.9. The van der Waals surface area contributed by atoms with Gasteiger partial charge < -0.3 is 20.7 Å². The molecule has 0 amide bonds. The van der Waals surface area contributed by atoms with E-state index in [1.807, 2.05) is 6.92 Å². The first kappa shape index (κ1) is 15.5. The van der Waals surface area contributed by atoms with Gasteiger partial charge in [0.05, 0.1) is 18.4 Å². The van der Waals surface area contributed by atoms with E-state index < -0.39 is 30.5 Å². The molecule has 1 aliphatic heterocycles. The van der Waals surface area contributed by atoms with E-state index in [1.165, 1.54) is 6.33 Å². The van der Waals surface area contributed by atoms with Gasteiger partial charge in [0, 0.05) is 10.8 Å². The lowest BCUT2D eigenvalue weighted by Gasteiger charge is -2.24. The molecule has 122 valence electrons. The predicted molar refractivity (Wildman–Crippen MR) is 80.1 cm³/mol. The summed E-state index contributed by atoms with van der Waals surface area (Å²) in [6.07, 6.45) is -0.498. The smallest absolute Gasteiger partial charge is 0.175 e. The first-order valence-corrected chi connectivity index (χ1v) is 7.07. The second-order valence-corrected chi connectivity index (χ2v) is 5.67. The largest absolute Gasteiger partial charge is 0.393 e. The molecule has 1 aliphatic rings. The normalized spacial score (nSPS) is 30.5. The van der Waals surface area contributed by atoms with Crippen LogP contribution in [0.1, 0.15) is 24.3 Å². The summed E-state index contributed by atoms with van der Waals surface area (Å²) in [6.45, 7) is 2.96. The van der Waals surface area contributed by atoms with Crippen molar-refractivity contribution < 1.29 is 14.9 Å². The lowest BCUT2D eigenvalue weighted by molar-refractivity contribution is -0.0882. The monoisotopic (exact) mass is 319 g/mol. The van der Waals surface area contributed by atoms with Crippen molar-refractivity contribution in [2.45, 2.75) is 31.8 Å². The van der Waals surface area contributed by atoms with Gasteiger partial charge >= 0.3 is 0 Å². The number of azide groups is 1. The number of ether oxygens (including phenoxy) is 1. The highest BCUT2D eigenvalue weighted by Crippen LogP contribution is 2.45. The molecule has 0 unspecified atom stereocenters. The Kier molecular flexibility index (Phi) is 3.61. The fourth-order valence-electron chi connectivity index (χ4n) is 3.05. The maximum absolute atomic E-state index is 10.5. The maximum atomic E-state index is 10.5. The van der Waals surface area contributed by atoms with Crippen LogP contribution < -0.4 is 5.73 Å². The van der Waals surface area contributed by atoms with E-state index in [-0.39, 0.29) is 0 Å². The molecule has 1 fully saturated rings. The molecular weight excluding hydrogens is 302 g/mol. The number of rotatable bonds is 3. The first-order valence-electron chi connectivity index (χ1n) is 7.07. The van der Waals surface area contributed by atoms with Gasteiger partial charge in [-0.05, 0) is 24.1 Å². The molecule has 0 bridgehead atoms. The Morgan fingerprint density at radius 2 is 2.35 bits per heavy atom. The Morgan fingerprint density at radius 3 is 3.00 bits per heavy atom. The summed E-state index contributed by atoms with van der Waals surface area (Å²) in [6, 6.07) is 1.78. The third-order valence-corrected chi connectivity index (χ3v) is 4.40. The molecule has 1 saturated heterocycles. The Hall–Kier alpha value is -2.39. The molecule has 3 rings (SSSR count). The minimum absolute atomic E-state index is 0.313. The maximum Gasteiger partial charge on any atom is 0.175 e. The van der Waals surface area contributed by atoms with Crippen LogP contribution in [0.25, 0.3) is 16.0 Å². The summed E-state index contributed by atoms with van der Waals surface area (Å²) in [5.41, 5.74) is 15.1. The number of aromatic nitrogens is 3. The molecule has 2 aromatic rings. The van der Waals surface area contributed by atoms with Crippen molar-refractivity contribution >= 4 is 11.3 Å². The van der Waals surface area contributed by atoms with E-state index in [9.17, 15) is 10.2 Å². The van der Waals surface area contributed by atoms with Crippen LogP contribution in [0.5, 0.6) is 0 Å². The van der Waals surface area contributed by atoms with Gasteiger partial charge in [0.25, 0.3) is 0 Å². The summed E-state index contributed by atoms with van der Waals surface area (Å²) in [5.74, 6) is -0.286. The molecule has 2 aromatic heterocycles. The SMILES string of the molecule is Cc1cc([C@@H]2O[C@@](CO)(N=[N+]=[N-])[C@@H](C)[C@@H]2O)n2ncnc(N)c12. The van der Waals surface area contributed by atoms with Gasteiger partial charge in [-0.15, -0.1) is 0 Å². The Balaban J connectivity index is 2.13. The second kappa shape index (κ2) is 5.36. The van der Waals surface area contributed by atoms with Crippen LogP contribution in [0.2, 0.25) is 0 Å². The molecule has 10 nitrogen and oxygen atoms in total. The summed E-state index contributed by atoms with van der Waals surface area (Å²) in [7, 11) is 0. The lowest BCUT2D eigenvalue weighted by atomic mass is 9.93. The number of aliphatic hydroxyl groups is 2. The van der Waals surface area contributed by atoms with Gasteiger partial charge in [-0.3, -0.25) is 0 Å². The van der Waals surface area contributed by atoms with Gasteiger partial charge in [0.1, 0.15) is 17.9 Å². The highest BCUT2D eigenvalue weighted by atomic mass is 16.6. The molecule has 0 radical (unpaired) electrons. The third-order valence-electron chi connectivity index (χ3n) is 4.40. The van der Waals surface area contributed by atoms with Gasteiger partial charge in [0.2, 0.25) is 0 Å². The third kappa shape index (κ3) is 2.12. The molecule has 0 spiro atoms. The highest BCUT2D eigenvalue weighted by Gasteiger charge is 2.53. The van der Waals surface area contributed by atoms with Crippen molar-refractivity contribution in [2.24, 2.45) is 11.0 Å². The van der Waals surface area contributed by atoms with Crippen LogP contribution in [0.3, 0.4) is 0 Å². The van der Waals surface area contributed by atoms with Gasteiger partial charge in [0.15, 0.2) is 11.5 Å². The second-order valence-electron chi connectivity index (χ2n) is 5.67. The molecule has 23 heavy (non-hydrogen) atoms. The van der Waals surface area contributed by atoms with Crippen LogP contribution in [0.4, 0.5) is 5.82 Å². The quantitative estimate of drug-likeness (QED) is 0.429. The first-order chi connectivity index (χ1) is 10.9. The van der Waals surface area contributed by atoms with Crippen LogP contribution in [-0.4, -0.2) is 43.2 Å². The lowest BCUT2D eigenvalue weighted by Crippen LogP contribution is -2.37. The highest BCUT2D eigenvalue weighted by molar-refractivity contribution is 5.70. The van der Waals surface area contributed by atoms with Crippen molar-refractivity contribution in [2.75, 3.05) is 12.3 Å². The van der Waals surface area contributed by atoms with E-state index in [2.05, 4.69) is 20.1 Å². The summed E-state index contributed by atoms with van der Waals surface area (Å²) in [4.78, 5) is 6.68.